The largest absolute Gasteiger partial charge is 0.492 e. The molecule has 118 valence electrons. The molecular weight excluding hydrogens is 302 g/mol. The minimum absolute atomic E-state index is 0.149. The lowest BCUT2D eigenvalue weighted by Gasteiger charge is -2.16. The Balaban J connectivity index is 2.29. The summed E-state index contributed by atoms with van der Waals surface area (Å²) >= 11 is 6.11. The summed E-state index contributed by atoms with van der Waals surface area (Å²) < 4.78 is 5.63. The maximum Gasteiger partial charge on any atom is 0.261 e. The first-order valence-electron chi connectivity index (χ1n) is 7.41. The van der Waals surface area contributed by atoms with Gasteiger partial charge in [0.25, 0.3) is 5.91 Å². The fourth-order valence-corrected chi connectivity index (χ4v) is 2.45. The van der Waals surface area contributed by atoms with E-state index in [2.05, 4.69) is 6.92 Å². The number of carbonyl (C=O) groups excluding carboxylic acids is 2. The van der Waals surface area contributed by atoms with Gasteiger partial charge in [-0.25, -0.2) is 4.90 Å². The Hall–Kier alpha value is -1.81. The summed E-state index contributed by atoms with van der Waals surface area (Å²) in [4.78, 5) is 25.7. The van der Waals surface area contributed by atoms with Crippen molar-refractivity contribution in [3.05, 3.63) is 34.4 Å². The monoisotopic (exact) mass is 321 g/mol. The molecule has 1 aliphatic rings. The molecule has 1 fully saturated rings. The van der Waals surface area contributed by atoms with Crippen LogP contribution < -0.4 is 9.64 Å². The topological polar surface area (TPSA) is 46.6 Å². The molecule has 0 N–H and O–H groups in total. The van der Waals surface area contributed by atoms with E-state index in [9.17, 15) is 9.59 Å². The summed E-state index contributed by atoms with van der Waals surface area (Å²) in [6.45, 7) is 6.31. The van der Waals surface area contributed by atoms with Crippen LogP contribution >= 0.6 is 11.6 Å². The highest BCUT2D eigenvalue weighted by Crippen LogP contribution is 2.33. The third-order valence-corrected chi connectivity index (χ3v) is 3.88. The van der Waals surface area contributed by atoms with Gasteiger partial charge in [0, 0.05) is 11.6 Å². The quantitative estimate of drug-likeness (QED) is 0.465. The third kappa shape index (κ3) is 3.33. The molecule has 22 heavy (non-hydrogen) atoms. The number of amides is 2. The maximum absolute atomic E-state index is 12.4. The van der Waals surface area contributed by atoms with Crippen molar-refractivity contribution in [3.8, 4) is 5.75 Å². The fourth-order valence-electron chi connectivity index (χ4n) is 2.27. The van der Waals surface area contributed by atoms with Crippen molar-refractivity contribution in [2.75, 3.05) is 11.5 Å². The van der Waals surface area contributed by atoms with E-state index in [1.807, 2.05) is 13.8 Å². The summed E-state index contributed by atoms with van der Waals surface area (Å²) in [6, 6.07) is 4.97. The van der Waals surface area contributed by atoms with Gasteiger partial charge in [-0.1, -0.05) is 30.5 Å². The Kier molecular flexibility index (Phi) is 5.24. The molecule has 0 spiro atoms. The van der Waals surface area contributed by atoms with Crippen LogP contribution in [0, 0.1) is 0 Å². The lowest BCUT2D eigenvalue weighted by Crippen LogP contribution is -2.29. The second kappa shape index (κ2) is 6.97. The molecule has 0 bridgehead atoms. The van der Waals surface area contributed by atoms with Gasteiger partial charge in [0.2, 0.25) is 5.91 Å². The van der Waals surface area contributed by atoms with Gasteiger partial charge >= 0.3 is 0 Å². The number of halogens is 1. The summed E-state index contributed by atoms with van der Waals surface area (Å²) in [5.41, 5.74) is 1.93. The standard InChI is InChI=1S/C17H20ClNO3/c1-4-5-8-22-15-9-12(6-7-14(15)18)19-16(20)10-13(11(2)3)17(19)21/h6-7,9H,4-5,8,10H2,1-3H3. The van der Waals surface area contributed by atoms with Gasteiger partial charge in [-0.15, -0.1) is 0 Å². The Morgan fingerprint density at radius 2 is 2.05 bits per heavy atom. The van der Waals surface area contributed by atoms with Crippen molar-refractivity contribution in [3.63, 3.8) is 0 Å². The predicted octanol–water partition coefficient (Wildman–Crippen LogP) is 4.12. The minimum atomic E-state index is -0.258. The number of benzene rings is 1. The Labute approximate surface area is 135 Å². The highest BCUT2D eigenvalue weighted by molar-refractivity contribution is 6.32. The van der Waals surface area contributed by atoms with Gasteiger partial charge in [0.1, 0.15) is 5.75 Å². The zero-order valence-corrected chi connectivity index (χ0v) is 13.9. The molecular formula is C17H20ClNO3. The molecule has 0 radical (unpaired) electrons. The van der Waals surface area contributed by atoms with Crippen LogP contribution in [0.4, 0.5) is 5.69 Å². The number of allylic oxidation sites excluding steroid dienone is 1. The SMILES string of the molecule is CCCCOc1cc(N2C(=O)CC(=C(C)C)C2=O)ccc1Cl. The Bertz CT molecular complexity index is 633. The number of imide groups is 1. The van der Waals surface area contributed by atoms with Gasteiger partial charge in [-0.3, -0.25) is 9.59 Å². The van der Waals surface area contributed by atoms with Gasteiger partial charge in [-0.2, -0.15) is 0 Å². The van der Waals surface area contributed by atoms with Crippen molar-refractivity contribution in [1.29, 1.82) is 0 Å². The zero-order valence-electron chi connectivity index (χ0n) is 13.1. The third-order valence-electron chi connectivity index (χ3n) is 3.57. The van der Waals surface area contributed by atoms with Crippen LogP contribution in [0.1, 0.15) is 40.0 Å². The van der Waals surface area contributed by atoms with E-state index in [0.717, 1.165) is 18.4 Å². The van der Waals surface area contributed by atoms with E-state index >= 15 is 0 Å². The molecule has 1 aliphatic heterocycles. The van der Waals surface area contributed by atoms with E-state index in [0.29, 0.717) is 28.6 Å². The maximum atomic E-state index is 12.4. The van der Waals surface area contributed by atoms with E-state index in [1.54, 1.807) is 18.2 Å². The molecule has 1 aromatic rings. The second-order valence-corrected chi connectivity index (χ2v) is 5.91. The van der Waals surface area contributed by atoms with Crippen molar-refractivity contribution < 1.29 is 14.3 Å². The molecule has 2 rings (SSSR count). The van der Waals surface area contributed by atoms with Gasteiger partial charge in [-0.05, 0) is 32.4 Å². The van der Waals surface area contributed by atoms with Crippen LogP contribution in [0.25, 0.3) is 0 Å². The van der Waals surface area contributed by atoms with Crippen molar-refractivity contribution >= 4 is 29.1 Å². The smallest absolute Gasteiger partial charge is 0.261 e. The second-order valence-electron chi connectivity index (χ2n) is 5.51. The molecule has 1 saturated heterocycles. The number of carbonyl (C=O) groups is 2. The molecule has 0 saturated carbocycles. The predicted molar refractivity (Wildman–Crippen MR) is 87.3 cm³/mol. The zero-order chi connectivity index (χ0) is 16.3. The van der Waals surface area contributed by atoms with Gasteiger partial charge in [0.05, 0.1) is 23.7 Å². The molecule has 0 atom stereocenters. The highest BCUT2D eigenvalue weighted by atomic mass is 35.5. The molecule has 0 aromatic heterocycles. The van der Waals surface area contributed by atoms with Crippen LogP contribution in [-0.4, -0.2) is 18.4 Å². The van der Waals surface area contributed by atoms with E-state index in [-0.39, 0.29) is 18.2 Å². The molecule has 0 unspecified atom stereocenters. The summed E-state index contributed by atoms with van der Waals surface area (Å²) in [7, 11) is 0. The van der Waals surface area contributed by atoms with Crippen molar-refractivity contribution in [2.24, 2.45) is 0 Å². The van der Waals surface area contributed by atoms with Crippen LogP contribution in [0.2, 0.25) is 5.02 Å². The summed E-state index contributed by atoms with van der Waals surface area (Å²) in [6.07, 6.45) is 2.09. The fraction of sp³-hybridized carbons (Fsp3) is 0.412. The molecule has 1 heterocycles. The Morgan fingerprint density at radius 1 is 1.32 bits per heavy atom. The summed E-state index contributed by atoms with van der Waals surface area (Å²) in [5.74, 6) is 0.0220. The lowest BCUT2D eigenvalue weighted by atomic mass is 10.1. The molecule has 1 aromatic carbocycles. The van der Waals surface area contributed by atoms with E-state index in [4.69, 9.17) is 16.3 Å². The van der Waals surface area contributed by atoms with Crippen LogP contribution in [0.5, 0.6) is 5.75 Å². The van der Waals surface area contributed by atoms with Crippen LogP contribution in [0.3, 0.4) is 0 Å². The first-order chi connectivity index (χ1) is 10.5. The average Bonchev–Trinajstić information content (AvgIpc) is 2.77. The normalized spacial score (nSPS) is 14.7. The number of ether oxygens (including phenoxy) is 1. The number of nitrogens with zero attached hydrogens (tertiary/aromatic N) is 1. The van der Waals surface area contributed by atoms with Crippen molar-refractivity contribution in [2.45, 2.75) is 40.0 Å². The Morgan fingerprint density at radius 3 is 2.64 bits per heavy atom. The minimum Gasteiger partial charge on any atom is -0.492 e. The highest BCUT2D eigenvalue weighted by Gasteiger charge is 2.35. The van der Waals surface area contributed by atoms with Gasteiger partial charge < -0.3 is 4.74 Å². The summed E-state index contributed by atoms with van der Waals surface area (Å²) in [5, 5.41) is 0.474. The average molecular weight is 322 g/mol. The first kappa shape index (κ1) is 16.6. The molecule has 5 heteroatoms. The number of hydrogen-bond acceptors (Lipinski definition) is 3. The number of rotatable bonds is 5. The van der Waals surface area contributed by atoms with Crippen LogP contribution in [-0.2, 0) is 9.59 Å². The molecule has 0 aliphatic carbocycles. The lowest BCUT2D eigenvalue weighted by molar-refractivity contribution is -0.120. The van der Waals surface area contributed by atoms with Crippen molar-refractivity contribution in [1.82, 2.24) is 0 Å². The number of anilines is 1. The van der Waals surface area contributed by atoms with Gasteiger partial charge in [0.15, 0.2) is 0 Å². The molecule has 2 amide bonds. The van der Waals surface area contributed by atoms with E-state index in [1.165, 1.54) is 4.90 Å². The van der Waals surface area contributed by atoms with E-state index < -0.39 is 0 Å². The number of hydrogen-bond donors (Lipinski definition) is 0. The number of unbranched alkanes of at least 4 members (excludes halogenated alkanes) is 1. The molecule has 4 nitrogen and oxygen atoms in total. The van der Waals surface area contributed by atoms with Crippen LogP contribution in [0.15, 0.2) is 29.3 Å². The first-order valence-corrected chi connectivity index (χ1v) is 7.79.